The Morgan fingerprint density at radius 1 is 1.07 bits per heavy atom. The Morgan fingerprint density at radius 2 is 1.75 bits per heavy atom. The van der Waals surface area contributed by atoms with Crippen LogP contribution in [-0.4, -0.2) is 24.3 Å². The molecule has 6 heteroatoms. The third-order valence-corrected chi connectivity index (χ3v) is 4.82. The summed E-state index contributed by atoms with van der Waals surface area (Å²) in [6.07, 6.45) is 0. The molecular weight excluding hydrogens is 372 g/mol. The molecule has 0 saturated carbocycles. The van der Waals surface area contributed by atoms with E-state index in [-0.39, 0.29) is 12.0 Å². The van der Waals surface area contributed by atoms with Crippen molar-refractivity contribution in [2.45, 2.75) is 26.8 Å². The average molecular weight is 397 g/mol. The molecule has 0 radical (unpaired) electrons. The third kappa shape index (κ3) is 4.02. The quantitative estimate of drug-likeness (QED) is 0.578. The SMILES string of the molecule is CCOC(=O)C1=C(C)N(c2ccc(OCC)cc2)C(=S)N[C@H]1c1ccccc1. The van der Waals surface area contributed by atoms with Crippen LogP contribution in [0.15, 0.2) is 65.9 Å². The second-order valence-corrected chi connectivity index (χ2v) is 6.66. The van der Waals surface area contributed by atoms with E-state index >= 15 is 0 Å². The van der Waals surface area contributed by atoms with Gasteiger partial charge < -0.3 is 14.8 Å². The van der Waals surface area contributed by atoms with E-state index in [1.807, 2.05) is 73.3 Å². The molecule has 0 spiro atoms. The Kier molecular flexibility index (Phi) is 6.31. The molecule has 0 saturated heterocycles. The number of esters is 1. The van der Waals surface area contributed by atoms with E-state index in [0.717, 1.165) is 22.7 Å². The molecule has 0 aliphatic carbocycles. The summed E-state index contributed by atoms with van der Waals surface area (Å²) in [6, 6.07) is 17.0. The number of allylic oxidation sites excluding steroid dienone is 1. The zero-order chi connectivity index (χ0) is 20.1. The first-order chi connectivity index (χ1) is 13.6. The standard InChI is InChI=1S/C22H24N2O3S/c1-4-26-18-13-11-17(12-14-18)24-15(3)19(21(25)27-5-2)20(23-22(24)28)16-9-7-6-8-10-16/h6-14,20H,4-5H2,1-3H3,(H,23,28)/t20-/m0/s1. The molecule has 1 aliphatic rings. The largest absolute Gasteiger partial charge is 0.494 e. The first-order valence-electron chi connectivity index (χ1n) is 9.33. The van der Waals surface area contributed by atoms with E-state index in [9.17, 15) is 4.79 Å². The van der Waals surface area contributed by atoms with Gasteiger partial charge in [-0.2, -0.15) is 0 Å². The molecule has 2 aromatic carbocycles. The number of anilines is 1. The number of nitrogens with one attached hydrogen (secondary N) is 1. The average Bonchev–Trinajstić information content (AvgIpc) is 2.70. The molecule has 0 bridgehead atoms. The number of ether oxygens (including phenoxy) is 2. The fourth-order valence-corrected chi connectivity index (χ4v) is 3.64. The van der Waals surface area contributed by atoms with Gasteiger partial charge in [-0.3, -0.25) is 4.90 Å². The van der Waals surface area contributed by atoms with Gasteiger partial charge in [0.1, 0.15) is 5.75 Å². The van der Waals surface area contributed by atoms with Gasteiger partial charge in [-0.05, 0) is 62.8 Å². The summed E-state index contributed by atoms with van der Waals surface area (Å²) in [5, 5.41) is 3.84. The Morgan fingerprint density at radius 3 is 2.36 bits per heavy atom. The number of nitrogens with zero attached hydrogens (tertiary/aromatic N) is 1. The molecule has 0 aromatic heterocycles. The predicted molar refractivity (Wildman–Crippen MR) is 114 cm³/mol. The minimum Gasteiger partial charge on any atom is -0.494 e. The number of carbonyl (C=O) groups excluding carboxylic acids is 1. The van der Waals surface area contributed by atoms with Crippen molar-refractivity contribution in [1.82, 2.24) is 5.32 Å². The molecule has 1 aliphatic heterocycles. The molecule has 3 rings (SSSR count). The summed E-state index contributed by atoms with van der Waals surface area (Å²) in [5.74, 6) is 0.441. The highest BCUT2D eigenvalue weighted by molar-refractivity contribution is 7.80. The molecular formula is C22H24N2O3S. The van der Waals surface area contributed by atoms with Gasteiger partial charge in [0.05, 0.1) is 24.8 Å². The molecule has 146 valence electrons. The number of hydrogen-bond donors (Lipinski definition) is 1. The maximum atomic E-state index is 12.8. The van der Waals surface area contributed by atoms with Gasteiger partial charge in [0, 0.05) is 11.4 Å². The molecule has 0 unspecified atom stereocenters. The van der Waals surface area contributed by atoms with Crippen LogP contribution in [0.1, 0.15) is 32.4 Å². The number of benzene rings is 2. The van der Waals surface area contributed by atoms with Crippen LogP contribution < -0.4 is 15.0 Å². The highest BCUT2D eigenvalue weighted by Gasteiger charge is 2.35. The fraction of sp³-hybridized carbons (Fsp3) is 0.273. The lowest BCUT2D eigenvalue weighted by atomic mass is 9.95. The Labute approximate surface area is 170 Å². The lowest BCUT2D eigenvalue weighted by molar-refractivity contribution is -0.139. The molecule has 1 N–H and O–H groups in total. The van der Waals surface area contributed by atoms with E-state index in [0.29, 0.717) is 23.9 Å². The monoisotopic (exact) mass is 396 g/mol. The number of thiocarbonyl (C=S) groups is 1. The maximum Gasteiger partial charge on any atom is 0.338 e. The van der Waals surface area contributed by atoms with Crippen molar-refractivity contribution in [1.29, 1.82) is 0 Å². The van der Waals surface area contributed by atoms with Crippen molar-refractivity contribution < 1.29 is 14.3 Å². The molecule has 2 aromatic rings. The van der Waals surface area contributed by atoms with Gasteiger partial charge in [0.15, 0.2) is 5.11 Å². The minimum absolute atomic E-state index is 0.310. The van der Waals surface area contributed by atoms with Gasteiger partial charge >= 0.3 is 5.97 Å². The van der Waals surface area contributed by atoms with Gasteiger partial charge in [-0.1, -0.05) is 30.3 Å². The van der Waals surface area contributed by atoms with Gasteiger partial charge in [-0.15, -0.1) is 0 Å². The highest BCUT2D eigenvalue weighted by Crippen LogP contribution is 2.34. The molecule has 1 heterocycles. The first-order valence-corrected chi connectivity index (χ1v) is 9.74. The third-order valence-electron chi connectivity index (χ3n) is 4.52. The van der Waals surface area contributed by atoms with Crippen LogP contribution in [0.4, 0.5) is 5.69 Å². The summed E-state index contributed by atoms with van der Waals surface area (Å²) in [5.41, 5.74) is 3.11. The summed E-state index contributed by atoms with van der Waals surface area (Å²) in [6.45, 7) is 6.56. The number of rotatable bonds is 6. The van der Waals surface area contributed by atoms with E-state index in [1.54, 1.807) is 6.92 Å². The van der Waals surface area contributed by atoms with Crippen LogP contribution in [0.2, 0.25) is 0 Å². The lowest BCUT2D eigenvalue weighted by Gasteiger charge is -2.37. The molecule has 0 amide bonds. The molecule has 0 fully saturated rings. The number of carbonyl (C=O) groups is 1. The summed E-state index contributed by atoms with van der Waals surface area (Å²) in [4.78, 5) is 14.7. The Hall–Kier alpha value is -2.86. The van der Waals surface area contributed by atoms with Crippen molar-refractivity contribution in [2.24, 2.45) is 0 Å². The normalized spacial score (nSPS) is 16.6. The summed E-state index contributed by atoms with van der Waals surface area (Å²) in [7, 11) is 0. The van der Waals surface area contributed by atoms with Crippen LogP contribution in [-0.2, 0) is 9.53 Å². The lowest BCUT2D eigenvalue weighted by Crippen LogP contribution is -2.48. The number of hydrogen-bond acceptors (Lipinski definition) is 4. The highest BCUT2D eigenvalue weighted by atomic mass is 32.1. The van der Waals surface area contributed by atoms with Crippen LogP contribution >= 0.6 is 12.2 Å². The minimum atomic E-state index is -0.355. The second-order valence-electron chi connectivity index (χ2n) is 6.28. The Balaban J connectivity index is 2.05. The zero-order valence-corrected chi connectivity index (χ0v) is 17.1. The zero-order valence-electron chi connectivity index (χ0n) is 16.3. The van der Waals surface area contributed by atoms with Gasteiger partial charge in [0.2, 0.25) is 0 Å². The van der Waals surface area contributed by atoms with Crippen LogP contribution in [0.25, 0.3) is 0 Å². The van der Waals surface area contributed by atoms with E-state index in [2.05, 4.69) is 5.32 Å². The summed E-state index contributed by atoms with van der Waals surface area (Å²) >= 11 is 5.65. The molecule has 28 heavy (non-hydrogen) atoms. The maximum absolute atomic E-state index is 12.8. The van der Waals surface area contributed by atoms with Crippen LogP contribution in [0.5, 0.6) is 5.75 Å². The molecule has 1 atom stereocenters. The summed E-state index contributed by atoms with van der Waals surface area (Å²) < 4.78 is 10.9. The van der Waals surface area contributed by atoms with Crippen molar-refractivity contribution in [3.63, 3.8) is 0 Å². The van der Waals surface area contributed by atoms with Crippen LogP contribution in [0.3, 0.4) is 0 Å². The van der Waals surface area contributed by atoms with Crippen LogP contribution in [0, 0.1) is 0 Å². The van der Waals surface area contributed by atoms with E-state index < -0.39 is 0 Å². The predicted octanol–water partition coefficient (Wildman–Crippen LogP) is 4.36. The van der Waals surface area contributed by atoms with Gasteiger partial charge in [0.25, 0.3) is 0 Å². The van der Waals surface area contributed by atoms with Crippen molar-refractivity contribution >= 4 is 29.0 Å². The smallest absolute Gasteiger partial charge is 0.338 e. The van der Waals surface area contributed by atoms with E-state index in [1.165, 1.54) is 0 Å². The van der Waals surface area contributed by atoms with Crippen molar-refractivity contribution in [3.05, 3.63) is 71.4 Å². The molecule has 5 nitrogen and oxygen atoms in total. The van der Waals surface area contributed by atoms with E-state index in [4.69, 9.17) is 21.7 Å². The second kappa shape index (κ2) is 8.89. The fourth-order valence-electron chi connectivity index (χ4n) is 3.28. The van der Waals surface area contributed by atoms with Crippen molar-refractivity contribution in [2.75, 3.05) is 18.1 Å². The topological polar surface area (TPSA) is 50.8 Å². The van der Waals surface area contributed by atoms with Crippen molar-refractivity contribution in [3.8, 4) is 5.75 Å². The first kappa shape index (κ1) is 19.9. The van der Waals surface area contributed by atoms with Gasteiger partial charge in [-0.25, -0.2) is 4.79 Å². The Bertz CT molecular complexity index is 878.